The maximum absolute atomic E-state index is 11.8. The van der Waals surface area contributed by atoms with Crippen molar-refractivity contribution in [1.29, 1.82) is 0 Å². The first kappa shape index (κ1) is 15.8. The first-order valence-corrected chi connectivity index (χ1v) is 7.28. The number of amides is 1. The van der Waals surface area contributed by atoms with Crippen molar-refractivity contribution in [3.63, 3.8) is 0 Å². The molecule has 0 atom stereocenters. The summed E-state index contributed by atoms with van der Waals surface area (Å²) in [6.07, 6.45) is 0. The summed E-state index contributed by atoms with van der Waals surface area (Å²) in [6.45, 7) is 0. The number of ether oxygens (including phenoxy) is 1. The van der Waals surface area contributed by atoms with Crippen LogP contribution < -0.4 is 15.4 Å². The standard InChI is InChI=1S/C13H10BrClN2O3S/c1-19-9-3-2-7(6-8(9)15)16-13(21)17-12(18)10-4-5-11(14)20-10/h2-6H,1H3,(H2,16,17,18,21). The monoisotopic (exact) mass is 388 g/mol. The van der Waals surface area contributed by atoms with Crippen molar-refractivity contribution in [3.05, 3.63) is 45.8 Å². The van der Waals surface area contributed by atoms with Gasteiger partial charge in [0.1, 0.15) is 5.75 Å². The van der Waals surface area contributed by atoms with E-state index in [0.717, 1.165) is 0 Å². The lowest BCUT2D eigenvalue weighted by molar-refractivity contribution is 0.0949. The minimum atomic E-state index is -0.446. The summed E-state index contributed by atoms with van der Waals surface area (Å²) in [5.41, 5.74) is 0.631. The smallest absolute Gasteiger partial charge is 0.293 e. The van der Waals surface area contributed by atoms with Gasteiger partial charge in [-0.05, 0) is 58.5 Å². The van der Waals surface area contributed by atoms with E-state index in [0.29, 0.717) is 21.1 Å². The quantitative estimate of drug-likeness (QED) is 0.781. The number of carbonyl (C=O) groups is 1. The summed E-state index contributed by atoms with van der Waals surface area (Å²) < 4.78 is 10.6. The van der Waals surface area contributed by atoms with Gasteiger partial charge in [0.15, 0.2) is 15.5 Å². The Morgan fingerprint density at radius 2 is 2.14 bits per heavy atom. The minimum absolute atomic E-state index is 0.133. The third kappa shape index (κ3) is 4.20. The summed E-state index contributed by atoms with van der Waals surface area (Å²) in [6, 6.07) is 8.22. The number of rotatable bonds is 3. The zero-order valence-corrected chi connectivity index (χ0v) is 13.9. The van der Waals surface area contributed by atoms with Gasteiger partial charge in [0, 0.05) is 5.69 Å². The topological polar surface area (TPSA) is 63.5 Å². The van der Waals surface area contributed by atoms with Crippen LogP contribution in [0.1, 0.15) is 10.6 Å². The lowest BCUT2D eigenvalue weighted by atomic mass is 10.3. The molecule has 1 amide bonds. The number of benzene rings is 1. The second-order valence-electron chi connectivity index (χ2n) is 3.86. The normalized spacial score (nSPS) is 10.0. The van der Waals surface area contributed by atoms with E-state index in [9.17, 15) is 4.79 Å². The molecule has 0 spiro atoms. The number of halogens is 2. The SMILES string of the molecule is COc1ccc(NC(=S)NC(=O)c2ccc(Br)o2)cc1Cl. The van der Waals surface area contributed by atoms with Crippen LogP contribution >= 0.6 is 39.7 Å². The molecule has 21 heavy (non-hydrogen) atoms. The number of hydrogen-bond donors (Lipinski definition) is 2. The van der Waals surface area contributed by atoms with Crippen molar-refractivity contribution in [3.8, 4) is 5.75 Å². The second-order valence-corrected chi connectivity index (χ2v) is 5.46. The third-order valence-electron chi connectivity index (χ3n) is 2.43. The zero-order valence-electron chi connectivity index (χ0n) is 10.8. The molecule has 0 saturated heterocycles. The summed E-state index contributed by atoms with van der Waals surface area (Å²) in [7, 11) is 1.53. The van der Waals surface area contributed by atoms with Crippen LogP contribution in [0, 0.1) is 0 Å². The number of furan rings is 1. The molecule has 8 heteroatoms. The van der Waals surface area contributed by atoms with Gasteiger partial charge in [-0.1, -0.05) is 11.6 Å². The van der Waals surface area contributed by atoms with Crippen LogP contribution in [0.15, 0.2) is 39.4 Å². The average molecular weight is 390 g/mol. The average Bonchev–Trinajstić information content (AvgIpc) is 2.85. The number of thiocarbonyl (C=S) groups is 1. The van der Waals surface area contributed by atoms with Crippen molar-refractivity contribution in [2.75, 3.05) is 12.4 Å². The van der Waals surface area contributed by atoms with Gasteiger partial charge in [-0.3, -0.25) is 10.1 Å². The molecule has 0 bridgehead atoms. The Bertz CT molecular complexity index is 690. The Hall–Kier alpha value is -1.57. The molecule has 110 valence electrons. The van der Waals surface area contributed by atoms with Crippen LogP contribution in [0.25, 0.3) is 0 Å². The molecular formula is C13H10BrClN2O3S. The molecule has 0 radical (unpaired) electrons. The highest BCUT2D eigenvalue weighted by atomic mass is 79.9. The maximum Gasteiger partial charge on any atom is 0.293 e. The van der Waals surface area contributed by atoms with Crippen LogP contribution in [-0.2, 0) is 0 Å². The van der Waals surface area contributed by atoms with E-state index in [1.54, 1.807) is 24.3 Å². The van der Waals surface area contributed by atoms with Crippen LogP contribution in [0.5, 0.6) is 5.75 Å². The predicted octanol–water partition coefficient (Wildman–Crippen LogP) is 3.83. The fourth-order valence-corrected chi connectivity index (χ4v) is 2.28. The van der Waals surface area contributed by atoms with Crippen molar-refractivity contribution >= 4 is 56.5 Å². The van der Waals surface area contributed by atoms with Crippen LogP contribution in [0.3, 0.4) is 0 Å². The van der Waals surface area contributed by atoms with Crippen molar-refractivity contribution in [2.24, 2.45) is 0 Å². The molecule has 0 fully saturated rings. The molecule has 0 aliphatic heterocycles. The zero-order chi connectivity index (χ0) is 15.4. The van der Waals surface area contributed by atoms with Crippen LogP contribution in [0.2, 0.25) is 5.02 Å². The van der Waals surface area contributed by atoms with Gasteiger partial charge in [-0.2, -0.15) is 0 Å². The van der Waals surface area contributed by atoms with Gasteiger partial charge >= 0.3 is 0 Å². The highest BCUT2D eigenvalue weighted by Gasteiger charge is 2.12. The second kappa shape index (κ2) is 6.93. The van der Waals surface area contributed by atoms with E-state index in [-0.39, 0.29) is 10.9 Å². The van der Waals surface area contributed by atoms with E-state index in [4.69, 9.17) is 33.0 Å². The van der Waals surface area contributed by atoms with Gasteiger partial charge in [0.2, 0.25) is 0 Å². The number of nitrogens with one attached hydrogen (secondary N) is 2. The van der Waals surface area contributed by atoms with E-state index in [2.05, 4.69) is 26.6 Å². The van der Waals surface area contributed by atoms with Crippen molar-refractivity contribution in [1.82, 2.24) is 5.32 Å². The van der Waals surface area contributed by atoms with E-state index >= 15 is 0 Å². The number of carbonyl (C=O) groups excluding carboxylic acids is 1. The Balaban J connectivity index is 1.98. The predicted molar refractivity (Wildman–Crippen MR) is 88.1 cm³/mol. The molecule has 2 N–H and O–H groups in total. The highest BCUT2D eigenvalue weighted by Crippen LogP contribution is 2.27. The number of hydrogen-bond acceptors (Lipinski definition) is 4. The lowest BCUT2D eigenvalue weighted by Gasteiger charge is -2.10. The molecule has 0 unspecified atom stereocenters. The minimum Gasteiger partial charge on any atom is -0.495 e. The van der Waals surface area contributed by atoms with Gasteiger partial charge in [0.05, 0.1) is 12.1 Å². The Labute approximate surface area is 139 Å². The highest BCUT2D eigenvalue weighted by molar-refractivity contribution is 9.10. The first-order valence-electron chi connectivity index (χ1n) is 5.71. The Morgan fingerprint density at radius 3 is 2.71 bits per heavy atom. The molecule has 0 aliphatic rings. The third-order valence-corrected chi connectivity index (χ3v) is 3.36. The molecular weight excluding hydrogens is 380 g/mol. The molecule has 1 heterocycles. The fourth-order valence-electron chi connectivity index (χ4n) is 1.51. The van der Waals surface area contributed by atoms with E-state index in [1.807, 2.05) is 0 Å². The Morgan fingerprint density at radius 1 is 1.38 bits per heavy atom. The van der Waals surface area contributed by atoms with Crippen molar-refractivity contribution in [2.45, 2.75) is 0 Å². The molecule has 5 nitrogen and oxygen atoms in total. The van der Waals surface area contributed by atoms with E-state index < -0.39 is 5.91 Å². The van der Waals surface area contributed by atoms with Gasteiger partial charge in [0.25, 0.3) is 5.91 Å². The van der Waals surface area contributed by atoms with Gasteiger partial charge in [-0.15, -0.1) is 0 Å². The number of methoxy groups -OCH3 is 1. The molecule has 0 saturated carbocycles. The Kier molecular flexibility index (Phi) is 5.22. The summed E-state index contributed by atoms with van der Waals surface area (Å²) in [5, 5.41) is 5.92. The van der Waals surface area contributed by atoms with E-state index in [1.165, 1.54) is 13.2 Å². The van der Waals surface area contributed by atoms with Gasteiger partial charge < -0.3 is 14.5 Å². The van der Waals surface area contributed by atoms with Crippen LogP contribution in [-0.4, -0.2) is 18.1 Å². The van der Waals surface area contributed by atoms with Crippen molar-refractivity contribution < 1.29 is 13.9 Å². The first-order chi connectivity index (χ1) is 9.99. The fraction of sp³-hybridized carbons (Fsp3) is 0.0769. The molecule has 0 aliphatic carbocycles. The largest absolute Gasteiger partial charge is 0.495 e. The lowest BCUT2D eigenvalue weighted by Crippen LogP contribution is -2.33. The number of anilines is 1. The summed E-state index contributed by atoms with van der Waals surface area (Å²) in [4.78, 5) is 11.8. The summed E-state index contributed by atoms with van der Waals surface area (Å²) in [5.74, 6) is 0.259. The van der Waals surface area contributed by atoms with Gasteiger partial charge in [-0.25, -0.2) is 0 Å². The summed E-state index contributed by atoms with van der Waals surface area (Å²) >= 11 is 14.2. The molecule has 2 aromatic rings. The molecule has 2 rings (SSSR count). The molecule has 1 aromatic heterocycles. The van der Waals surface area contributed by atoms with Crippen LogP contribution in [0.4, 0.5) is 5.69 Å². The maximum atomic E-state index is 11.8. The molecule has 1 aromatic carbocycles.